The minimum absolute atomic E-state index is 0.225. The monoisotopic (exact) mass is 370 g/mol. The fraction of sp³-hybridized carbons (Fsp3) is 1.00. The lowest BCUT2D eigenvalue weighted by molar-refractivity contribution is -0.202. The van der Waals surface area contributed by atoms with Crippen molar-refractivity contribution in [1.29, 1.82) is 0 Å². The first-order valence-electron chi connectivity index (χ1n) is 10.4. The standard InChI is InChI=1S/C19H34N2O3S/c1-2-25(22,23)20-12-8-17(9-13-20)21-14-18(24-15-16-6-7-16)19(21)10-4-3-5-11-19/h16-18H,2-15H2,1H3. The highest BCUT2D eigenvalue weighted by Crippen LogP contribution is 2.48. The Balaban J connectivity index is 1.38. The molecule has 4 fully saturated rings. The first-order chi connectivity index (χ1) is 12.0. The van der Waals surface area contributed by atoms with Crippen LogP contribution in [0.25, 0.3) is 0 Å². The van der Waals surface area contributed by atoms with Crippen LogP contribution in [0.4, 0.5) is 0 Å². The normalized spacial score (nSPS) is 32.0. The molecular weight excluding hydrogens is 336 g/mol. The fourth-order valence-electron chi connectivity index (χ4n) is 5.25. The number of ether oxygens (including phenoxy) is 1. The molecule has 2 aliphatic heterocycles. The van der Waals surface area contributed by atoms with Crippen molar-refractivity contribution in [2.75, 3.05) is 32.0 Å². The smallest absolute Gasteiger partial charge is 0.213 e. The van der Waals surface area contributed by atoms with Gasteiger partial charge >= 0.3 is 0 Å². The lowest BCUT2D eigenvalue weighted by atomic mass is 9.69. The molecule has 1 spiro atoms. The SMILES string of the molecule is CCS(=O)(=O)N1CCC(N2CC(OCC3CC3)C23CCCCC3)CC1. The van der Waals surface area contributed by atoms with E-state index < -0.39 is 10.0 Å². The molecule has 1 unspecified atom stereocenters. The van der Waals surface area contributed by atoms with Gasteiger partial charge in [-0.05, 0) is 51.4 Å². The number of hydrogen-bond acceptors (Lipinski definition) is 4. The highest BCUT2D eigenvalue weighted by Gasteiger charge is 2.56. The summed E-state index contributed by atoms with van der Waals surface area (Å²) in [7, 11) is -3.02. The average Bonchev–Trinajstić information content (AvgIpc) is 3.46. The minimum atomic E-state index is -3.02. The van der Waals surface area contributed by atoms with E-state index in [1.807, 2.05) is 0 Å². The van der Waals surface area contributed by atoms with E-state index in [-0.39, 0.29) is 11.3 Å². The summed E-state index contributed by atoms with van der Waals surface area (Å²) in [4.78, 5) is 2.72. The van der Waals surface area contributed by atoms with Gasteiger partial charge in [-0.3, -0.25) is 4.90 Å². The fourth-order valence-corrected chi connectivity index (χ4v) is 6.38. The number of nitrogens with zero attached hydrogens (tertiary/aromatic N) is 2. The summed E-state index contributed by atoms with van der Waals surface area (Å²) in [5.74, 6) is 1.06. The number of sulfonamides is 1. The predicted molar refractivity (Wildman–Crippen MR) is 99.0 cm³/mol. The second-order valence-corrected chi connectivity index (χ2v) is 10.9. The third-order valence-electron chi connectivity index (χ3n) is 7.11. The molecule has 0 radical (unpaired) electrons. The van der Waals surface area contributed by atoms with Gasteiger partial charge < -0.3 is 4.74 Å². The van der Waals surface area contributed by atoms with Crippen LogP contribution in [0.5, 0.6) is 0 Å². The average molecular weight is 371 g/mol. The van der Waals surface area contributed by atoms with Gasteiger partial charge in [-0.1, -0.05) is 19.3 Å². The van der Waals surface area contributed by atoms with Crippen molar-refractivity contribution in [3.8, 4) is 0 Å². The van der Waals surface area contributed by atoms with Crippen LogP contribution in [0, 0.1) is 5.92 Å². The molecule has 0 aromatic carbocycles. The molecule has 5 nitrogen and oxygen atoms in total. The Morgan fingerprint density at radius 2 is 1.72 bits per heavy atom. The van der Waals surface area contributed by atoms with Gasteiger partial charge in [-0.15, -0.1) is 0 Å². The largest absolute Gasteiger partial charge is 0.375 e. The maximum absolute atomic E-state index is 12.1. The molecule has 2 saturated heterocycles. The Bertz CT molecular complexity index is 561. The molecule has 0 N–H and O–H groups in total. The van der Waals surface area contributed by atoms with Crippen molar-refractivity contribution in [3.05, 3.63) is 0 Å². The molecule has 2 aliphatic carbocycles. The van der Waals surface area contributed by atoms with Crippen LogP contribution in [-0.2, 0) is 14.8 Å². The van der Waals surface area contributed by atoms with Gasteiger partial charge in [-0.2, -0.15) is 0 Å². The van der Waals surface area contributed by atoms with Crippen molar-refractivity contribution in [2.45, 2.75) is 82.4 Å². The quantitative estimate of drug-likeness (QED) is 0.721. The second kappa shape index (κ2) is 7.10. The maximum Gasteiger partial charge on any atom is 0.213 e. The van der Waals surface area contributed by atoms with E-state index in [4.69, 9.17) is 4.74 Å². The molecule has 144 valence electrons. The summed E-state index contributed by atoms with van der Waals surface area (Å²) in [6, 6.07) is 0.544. The number of rotatable bonds is 6. The van der Waals surface area contributed by atoms with Gasteiger partial charge in [0, 0.05) is 37.8 Å². The minimum Gasteiger partial charge on any atom is -0.375 e. The van der Waals surface area contributed by atoms with E-state index >= 15 is 0 Å². The van der Waals surface area contributed by atoms with E-state index in [2.05, 4.69) is 4.90 Å². The summed E-state index contributed by atoms with van der Waals surface area (Å²) in [6.07, 6.45) is 11.6. The van der Waals surface area contributed by atoms with E-state index in [9.17, 15) is 8.42 Å². The van der Waals surface area contributed by atoms with E-state index in [0.29, 0.717) is 25.2 Å². The third kappa shape index (κ3) is 3.52. The van der Waals surface area contributed by atoms with Crippen LogP contribution in [0.1, 0.15) is 64.7 Å². The van der Waals surface area contributed by atoms with Gasteiger partial charge in [-0.25, -0.2) is 12.7 Å². The molecule has 25 heavy (non-hydrogen) atoms. The maximum atomic E-state index is 12.1. The molecular formula is C19H34N2O3S. The lowest BCUT2D eigenvalue weighted by Crippen LogP contribution is -2.75. The van der Waals surface area contributed by atoms with Gasteiger partial charge in [0.1, 0.15) is 0 Å². The molecule has 4 rings (SSSR count). The Hall–Kier alpha value is -0.170. The summed E-state index contributed by atoms with van der Waals surface area (Å²) < 4.78 is 32.3. The van der Waals surface area contributed by atoms with Crippen LogP contribution in [0.3, 0.4) is 0 Å². The summed E-state index contributed by atoms with van der Waals surface area (Å²) >= 11 is 0. The van der Waals surface area contributed by atoms with Gasteiger partial charge in [0.25, 0.3) is 0 Å². The topological polar surface area (TPSA) is 49.9 Å². The number of hydrogen-bond donors (Lipinski definition) is 0. The Kier molecular flexibility index (Phi) is 5.17. The lowest BCUT2D eigenvalue weighted by Gasteiger charge is -2.63. The number of likely N-dealkylation sites (tertiary alicyclic amines) is 1. The zero-order valence-electron chi connectivity index (χ0n) is 15.7. The van der Waals surface area contributed by atoms with Crippen molar-refractivity contribution >= 4 is 10.0 Å². The molecule has 0 bridgehead atoms. The zero-order valence-corrected chi connectivity index (χ0v) is 16.5. The zero-order chi connectivity index (χ0) is 17.5. The number of piperidine rings is 1. The molecule has 2 heterocycles. The van der Waals surface area contributed by atoms with Crippen molar-refractivity contribution in [3.63, 3.8) is 0 Å². The molecule has 6 heteroatoms. The molecule has 0 aromatic heterocycles. The Morgan fingerprint density at radius 1 is 1.04 bits per heavy atom. The van der Waals surface area contributed by atoms with Crippen LogP contribution in [0.2, 0.25) is 0 Å². The van der Waals surface area contributed by atoms with Gasteiger partial charge in [0.05, 0.1) is 11.9 Å². The molecule has 0 amide bonds. The van der Waals surface area contributed by atoms with Crippen LogP contribution < -0.4 is 0 Å². The summed E-state index contributed by atoms with van der Waals surface area (Å²) in [5.41, 5.74) is 0.267. The first kappa shape index (κ1) is 18.2. The van der Waals surface area contributed by atoms with Crippen LogP contribution in [-0.4, -0.2) is 67.3 Å². The van der Waals surface area contributed by atoms with E-state index in [0.717, 1.165) is 31.9 Å². The summed E-state index contributed by atoms with van der Waals surface area (Å²) in [5, 5.41) is 0. The molecule has 4 aliphatic rings. The van der Waals surface area contributed by atoms with E-state index in [1.165, 1.54) is 44.9 Å². The van der Waals surface area contributed by atoms with Crippen molar-refractivity contribution in [2.24, 2.45) is 5.92 Å². The second-order valence-electron chi connectivity index (χ2n) is 8.61. The van der Waals surface area contributed by atoms with Crippen LogP contribution >= 0.6 is 0 Å². The van der Waals surface area contributed by atoms with Gasteiger partial charge in [0.2, 0.25) is 10.0 Å². The molecule has 0 aromatic rings. The highest BCUT2D eigenvalue weighted by atomic mass is 32.2. The van der Waals surface area contributed by atoms with Gasteiger partial charge in [0.15, 0.2) is 0 Å². The Morgan fingerprint density at radius 3 is 2.32 bits per heavy atom. The summed E-state index contributed by atoms with van der Waals surface area (Å²) in [6.45, 7) is 5.17. The first-order valence-corrected chi connectivity index (χ1v) is 12.0. The van der Waals surface area contributed by atoms with E-state index in [1.54, 1.807) is 11.2 Å². The van der Waals surface area contributed by atoms with Crippen LogP contribution in [0.15, 0.2) is 0 Å². The highest BCUT2D eigenvalue weighted by molar-refractivity contribution is 7.89. The molecule has 2 saturated carbocycles. The molecule has 1 atom stereocenters. The predicted octanol–water partition coefficient (Wildman–Crippen LogP) is 2.61. The van der Waals surface area contributed by atoms with Crippen molar-refractivity contribution < 1.29 is 13.2 Å². The third-order valence-corrected chi connectivity index (χ3v) is 8.99. The Labute approximate surface area is 153 Å². The van der Waals surface area contributed by atoms with Crippen molar-refractivity contribution in [1.82, 2.24) is 9.21 Å².